The lowest BCUT2D eigenvalue weighted by Crippen LogP contribution is -2.33. The molecule has 0 spiro atoms. The molecule has 1 amide bonds. The number of anilines is 1. The van der Waals surface area contributed by atoms with Crippen molar-refractivity contribution in [2.75, 3.05) is 5.32 Å². The Hall–Kier alpha value is -2.44. The van der Waals surface area contributed by atoms with Crippen LogP contribution in [-0.4, -0.2) is 27.2 Å². The quantitative estimate of drug-likeness (QED) is 0.877. The highest BCUT2D eigenvalue weighted by molar-refractivity contribution is 5.92. The summed E-state index contributed by atoms with van der Waals surface area (Å²) in [5, 5.41) is 8.93. The Morgan fingerprint density at radius 3 is 2.85 bits per heavy atom. The molecule has 6 nitrogen and oxygen atoms in total. The molecule has 0 bridgehead atoms. The van der Waals surface area contributed by atoms with Gasteiger partial charge in [0, 0.05) is 0 Å². The van der Waals surface area contributed by atoms with E-state index in [1.807, 2.05) is 0 Å². The van der Waals surface area contributed by atoms with E-state index in [1.54, 1.807) is 26.0 Å². The molecular formula is C13H15FN4O2. The molecule has 2 rings (SSSR count). The number of halogens is 1. The van der Waals surface area contributed by atoms with Gasteiger partial charge in [-0.2, -0.15) is 4.98 Å². The van der Waals surface area contributed by atoms with E-state index in [0.717, 1.165) is 0 Å². The normalized spacial score (nSPS) is 11.9. The Bertz CT molecular complexity index is 600. The Labute approximate surface area is 115 Å². The second-order valence-corrected chi connectivity index (χ2v) is 4.18. The molecule has 1 aromatic heterocycles. The van der Waals surface area contributed by atoms with Crippen LogP contribution in [0.1, 0.15) is 19.2 Å². The molecule has 1 atom stereocenters. The predicted molar refractivity (Wildman–Crippen MR) is 70.9 cm³/mol. The summed E-state index contributed by atoms with van der Waals surface area (Å²) < 4.78 is 18.9. The van der Waals surface area contributed by atoms with E-state index in [-0.39, 0.29) is 11.7 Å². The number of nitrogens with one attached hydrogen (secondary N) is 2. The Morgan fingerprint density at radius 1 is 1.50 bits per heavy atom. The van der Waals surface area contributed by atoms with Gasteiger partial charge in [-0.3, -0.25) is 15.2 Å². The van der Waals surface area contributed by atoms with Gasteiger partial charge in [0.05, 0.1) is 0 Å². The van der Waals surface area contributed by atoms with Gasteiger partial charge < -0.3 is 4.74 Å². The molecule has 0 saturated carbocycles. The third kappa shape index (κ3) is 3.31. The van der Waals surface area contributed by atoms with Crippen LogP contribution in [0.4, 0.5) is 10.3 Å². The first-order valence-electron chi connectivity index (χ1n) is 6.21. The maximum Gasteiger partial charge on any atom is 0.267 e. The number of aromatic amines is 1. The lowest BCUT2D eigenvalue weighted by Gasteiger charge is -2.16. The number of hydrogen-bond donors (Lipinski definition) is 2. The number of H-pyrrole nitrogens is 1. The zero-order chi connectivity index (χ0) is 14.5. The van der Waals surface area contributed by atoms with Gasteiger partial charge in [-0.25, -0.2) is 4.39 Å². The Morgan fingerprint density at radius 2 is 2.25 bits per heavy atom. The smallest absolute Gasteiger partial charge is 0.267 e. The molecular weight excluding hydrogens is 263 g/mol. The Kier molecular flexibility index (Phi) is 4.29. The van der Waals surface area contributed by atoms with Crippen molar-refractivity contribution in [1.29, 1.82) is 0 Å². The van der Waals surface area contributed by atoms with Crippen LogP contribution in [0.25, 0.3) is 0 Å². The zero-order valence-electron chi connectivity index (χ0n) is 11.2. The van der Waals surface area contributed by atoms with Gasteiger partial charge in [0.15, 0.2) is 17.7 Å². The largest absolute Gasteiger partial charge is 0.478 e. The molecule has 0 aliphatic heterocycles. The molecule has 1 aromatic carbocycles. The Balaban J connectivity index is 2.04. The number of carbonyl (C=O) groups excluding carboxylic acids is 1. The van der Waals surface area contributed by atoms with Gasteiger partial charge in [0.25, 0.3) is 5.91 Å². The molecule has 0 aliphatic carbocycles. The van der Waals surface area contributed by atoms with Gasteiger partial charge >= 0.3 is 0 Å². The third-order valence-corrected chi connectivity index (χ3v) is 2.60. The van der Waals surface area contributed by atoms with Crippen molar-refractivity contribution >= 4 is 11.9 Å². The first-order chi connectivity index (χ1) is 9.60. The summed E-state index contributed by atoms with van der Waals surface area (Å²) in [7, 11) is 0. The van der Waals surface area contributed by atoms with Crippen LogP contribution in [0.5, 0.6) is 5.75 Å². The minimum Gasteiger partial charge on any atom is -0.478 e. The highest BCUT2D eigenvalue weighted by Gasteiger charge is 2.21. The van der Waals surface area contributed by atoms with E-state index in [4.69, 9.17) is 4.74 Å². The molecule has 1 heterocycles. The van der Waals surface area contributed by atoms with Gasteiger partial charge in [-0.1, -0.05) is 19.1 Å². The third-order valence-electron chi connectivity index (χ3n) is 2.60. The first-order valence-corrected chi connectivity index (χ1v) is 6.21. The van der Waals surface area contributed by atoms with Crippen LogP contribution in [0.3, 0.4) is 0 Å². The SMILES string of the molecule is CCC(Oc1ccccc1F)C(=O)Nc1n[nH]c(C)n1. The molecule has 0 aliphatic rings. The summed E-state index contributed by atoms with van der Waals surface area (Å²) in [6.07, 6.45) is -0.422. The topological polar surface area (TPSA) is 79.9 Å². The van der Waals surface area contributed by atoms with Crippen molar-refractivity contribution in [2.24, 2.45) is 0 Å². The molecule has 1 unspecified atom stereocenters. The van der Waals surface area contributed by atoms with Gasteiger partial charge in [0.2, 0.25) is 5.95 Å². The number of rotatable bonds is 5. The molecule has 106 valence electrons. The second-order valence-electron chi connectivity index (χ2n) is 4.18. The second kappa shape index (κ2) is 6.14. The fourth-order valence-electron chi connectivity index (χ4n) is 1.61. The maximum absolute atomic E-state index is 13.5. The van der Waals surface area contributed by atoms with Gasteiger partial charge in [-0.05, 0) is 25.5 Å². The summed E-state index contributed by atoms with van der Waals surface area (Å²) >= 11 is 0. The number of ether oxygens (including phenoxy) is 1. The fraction of sp³-hybridized carbons (Fsp3) is 0.308. The van der Waals surface area contributed by atoms with Crippen molar-refractivity contribution in [3.05, 3.63) is 35.9 Å². The molecule has 0 fully saturated rings. The minimum atomic E-state index is -0.814. The molecule has 2 aromatic rings. The number of aryl methyl sites for hydroxylation is 1. The van der Waals surface area contributed by atoms with E-state index in [2.05, 4.69) is 20.5 Å². The lowest BCUT2D eigenvalue weighted by atomic mass is 10.2. The van der Waals surface area contributed by atoms with Crippen LogP contribution in [0.2, 0.25) is 0 Å². The molecule has 2 N–H and O–H groups in total. The number of amides is 1. The van der Waals surface area contributed by atoms with Crippen LogP contribution >= 0.6 is 0 Å². The summed E-state index contributed by atoms with van der Waals surface area (Å²) in [5.41, 5.74) is 0. The van der Waals surface area contributed by atoms with Crippen LogP contribution in [0.15, 0.2) is 24.3 Å². The number of carbonyl (C=O) groups is 1. The van der Waals surface area contributed by atoms with Crippen molar-refractivity contribution in [2.45, 2.75) is 26.4 Å². The zero-order valence-corrected chi connectivity index (χ0v) is 11.2. The fourth-order valence-corrected chi connectivity index (χ4v) is 1.61. The van der Waals surface area contributed by atoms with E-state index < -0.39 is 17.8 Å². The number of nitrogens with zero attached hydrogens (tertiary/aromatic N) is 2. The summed E-state index contributed by atoms with van der Waals surface area (Å²) in [6.45, 7) is 3.49. The van der Waals surface area contributed by atoms with E-state index >= 15 is 0 Å². The average molecular weight is 278 g/mol. The van der Waals surface area contributed by atoms with E-state index in [0.29, 0.717) is 12.2 Å². The first kappa shape index (κ1) is 14.0. The highest BCUT2D eigenvalue weighted by atomic mass is 19.1. The number of aromatic nitrogens is 3. The number of para-hydroxylation sites is 1. The summed E-state index contributed by atoms with van der Waals surface area (Å²) in [4.78, 5) is 16.0. The monoisotopic (exact) mass is 278 g/mol. The molecule has 20 heavy (non-hydrogen) atoms. The van der Waals surface area contributed by atoms with Crippen LogP contribution < -0.4 is 10.1 Å². The van der Waals surface area contributed by atoms with Crippen molar-refractivity contribution in [1.82, 2.24) is 15.2 Å². The average Bonchev–Trinajstić information content (AvgIpc) is 2.83. The minimum absolute atomic E-state index is 0.0423. The highest BCUT2D eigenvalue weighted by Crippen LogP contribution is 2.18. The number of benzene rings is 1. The van der Waals surface area contributed by atoms with Crippen molar-refractivity contribution in [3.8, 4) is 5.75 Å². The van der Waals surface area contributed by atoms with Crippen LogP contribution in [-0.2, 0) is 4.79 Å². The maximum atomic E-state index is 13.5. The van der Waals surface area contributed by atoms with Gasteiger partial charge in [0.1, 0.15) is 5.82 Å². The number of hydrogen-bond acceptors (Lipinski definition) is 4. The molecule has 0 radical (unpaired) electrons. The molecule has 7 heteroatoms. The van der Waals surface area contributed by atoms with E-state index in [9.17, 15) is 9.18 Å². The molecule has 0 saturated heterocycles. The predicted octanol–water partition coefficient (Wildman–Crippen LogP) is 2.05. The van der Waals surface area contributed by atoms with Crippen molar-refractivity contribution in [3.63, 3.8) is 0 Å². The standard InChI is InChI=1S/C13H15FN4O2/c1-3-10(20-11-7-5-4-6-9(11)14)12(19)16-13-15-8(2)17-18-13/h4-7,10H,3H2,1-2H3,(H2,15,16,17,18,19). The van der Waals surface area contributed by atoms with Gasteiger partial charge in [-0.15, -0.1) is 5.10 Å². The summed E-state index contributed by atoms with van der Waals surface area (Å²) in [5.74, 6) is -0.130. The van der Waals surface area contributed by atoms with Crippen LogP contribution in [0, 0.1) is 12.7 Å². The summed E-state index contributed by atoms with van der Waals surface area (Å²) in [6, 6.07) is 5.95. The lowest BCUT2D eigenvalue weighted by molar-refractivity contribution is -0.123. The van der Waals surface area contributed by atoms with Crippen molar-refractivity contribution < 1.29 is 13.9 Å². The van der Waals surface area contributed by atoms with E-state index in [1.165, 1.54) is 12.1 Å².